The lowest BCUT2D eigenvalue weighted by molar-refractivity contribution is -0.123. The van der Waals surface area contributed by atoms with E-state index in [0.29, 0.717) is 16.8 Å². The van der Waals surface area contributed by atoms with Crippen molar-refractivity contribution in [2.75, 3.05) is 12.4 Å². The third-order valence-electron chi connectivity index (χ3n) is 5.43. The number of likely N-dealkylation sites (N-methyl/N-ethyl adjacent to an activating group) is 1. The molecule has 0 aliphatic rings. The Hall–Kier alpha value is -4.20. The molecule has 0 radical (unpaired) electrons. The van der Waals surface area contributed by atoms with Crippen LogP contribution < -0.4 is 5.32 Å². The maximum absolute atomic E-state index is 13.0. The predicted octanol–water partition coefficient (Wildman–Crippen LogP) is 5.13. The number of nitrogens with zero attached hydrogens (tertiary/aromatic N) is 2. The van der Waals surface area contributed by atoms with E-state index in [0.717, 1.165) is 11.1 Å². The van der Waals surface area contributed by atoms with Crippen LogP contribution in [0.3, 0.4) is 0 Å². The van der Waals surface area contributed by atoms with Crippen LogP contribution >= 0.6 is 0 Å². The second-order valence-electron chi connectivity index (χ2n) is 8.15. The first-order chi connectivity index (χ1) is 16.2. The molecule has 0 aromatic heterocycles. The SMILES string of the molecule is CC(C)[C@@H](C(=O)N=O)N(C)C(=O)c1ccc(-c2ccc(NC(=O)c3ccc(F)cc3)cc2)cc1. The van der Waals surface area contributed by atoms with Gasteiger partial charge < -0.3 is 10.2 Å². The molecule has 0 bridgehead atoms. The average molecular weight is 461 g/mol. The van der Waals surface area contributed by atoms with Gasteiger partial charge in [0.15, 0.2) is 0 Å². The minimum Gasteiger partial charge on any atom is -0.329 e. The van der Waals surface area contributed by atoms with Gasteiger partial charge in [-0.25, -0.2) is 4.39 Å². The van der Waals surface area contributed by atoms with Crippen LogP contribution in [-0.4, -0.2) is 35.7 Å². The van der Waals surface area contributed by atoms with Gasteiger partial charge in [0.25, 0.3) is 11.8 Å². The highest BCUT2D eigenvalue weighted by Crippen LogP contribution is 2.23. The van der Waals surface area contributed by atoms with Crippen LogP contribution in [0.1, 0.15) is 34.6 Å². The van der Waals surface area contributed by atoms with Crippen LogP contribution in [0.5, 0.6) is 0 Å². The summed E-state index contributed by atoms with van der Waals surface area (Å²) in [5, 5.41) is 5.24. The first-order valence-electron chi connectivity index (χ1n) is 10.6. The fourth-order valence-corrected chi connectivity index (χ4v) is 3.64. The van der Waals surface area contributed by atoms with Crippen molar-refractivity contribution in [2.24, 2.45) is 11.1 Å². The molecular formula is C26H24FN3O4. The van der Waals surface area contributed by atoms with E-state index in [2.05, 4.69) is 10.5 Å². The van der Waals surface area contributed by atoms with Crippen molar-refractivity contribution < 1.29 is 18.8 Å². The monoisotopic (exact) mass is 461 g/mol. The lowest BCUT2D eigenvalue weighted by atomic mass is 10.00. The van der Waals surface area contributed by atoms with Gasteiger partial charge in [-0.1, -0.05) is 38.1 Å². The molecule has 0 saturated heterocycles. The molecule has 3 amide bonds. The topological polar surface area (TPSA) is 95.9 Å². The van der Waals surface area contributed by atoms with E-state index in [1.165, 1.54) is 36.2 Å². The summed E-state index contributed by atoms with van der Waals surface area (Å²) in [5.74, 6) is -2.29. The first-order valence-corrected chi connectivity index (χ1v) is 10.6. The molecule has 0 heterocycles. The predicted molar refractivity (Wildman–Crippen MR) is 128 cm³/mol. The van der Waals surface area contributed by atoms with E-state index in [4.69, 9.17) is 0 Å². The normalized spacial score (nSPS) is 11.6. The number of nitroso groups, excluding NO2 is 1. The summed E-state index contributed by atoms with van der Waals surface area (Å²) in [6.45, 7) is 3.48. The molecule has 7 nitrogen and oxygen atoms in total. The Morgan fingerprint density at radius 1 is 0.824 bits per heavy atom. The van der Waals surface area contributed by atoms with Crippen molar-refractivity contribution in [3.63, 3.8) is 0 Å². The molecule has 0 unspecified atom stereocenters. The second-order valence-corrected chi connectivity index (χ2v) is 8.15. The number of carbonyl (C=O) groups is 3. The standard InChI is InChI=1S/C26H24FN3O4/c1-16(2)23(25(32)29-34)30(3)26(33)20-6-4-17(5-7-20)18-10-14-22(15-11-18)28-24(31)19-8-12-21(27)13-9-19/h4-16,23H,1-3H3,(H,28,31)/t23-/m0/s1. The quantitative estimate of drug-likeness (QED) is 0.493. The van der Waals surface area contributed by atoms with E-state index in [-0.39, 0.29) is 17.7 Å². The van der Waals surface area contributed by atoms with Gasteiger partial charge >= 0.3 is 5.91 Å². The number of benzene rings is 3. The van der Waals surface area contributed by atoms with Gasteiger partial charge in [0.2, 0.25) is 0 Å². The molecule has 34 heavy (non-hydrogen) atoms. The van der Waals surface area contributed by atoms with Crippen molar-refractivity contribution in [3.05, 3.63) is 94.6 Å². The number of rotatable bonds is 7. The largest absolute Gasteiger partial charge is 0.329 e. The van der Waals surface area contributed by atoms with Gasteiger partial charge in [-0.15, -0.1) is 4.91 Å². The summed E-state index contributed by atoms with van der Waals surface area (Å²) < 4.78 is 13.0. The highest BCUT2D eigenvalue weighted by atomic mass is 19.1. The molecule has 3 rings (SSSR count). The zero-order valence-electron chi connectivity index (χ0n) is 19.0. The van der Waals surface area contributed by atoms with E-state index in [1.807, 2.05) is 12.1 Å². The molecule has 0 fully saturated rings. The average Bonchev–Trinajstić information content (AvgIpc) is 2.84. The van der Waals surface area contributed by atoms with E-state index in [9.17, 15) is 23.7 Å². The number of nitrogens with one attached hydrogen (secondary N) is 1. The summed E-state index contributed by atoms with van der Waals surface area (Å²) in [7, 11) is 1.48. The second kappa shape index (κ2) is 10.6. The molecule has 1 atom stereocenters. The molecule has 174 valence electrons. The van der Waals surface area contributed by atoms with Crippen LogP contribution in [0, 0.1) is 16.6 Å². The Morgan fingerprint density at radius 2 is 1.32 bits per heavy atom. The molecule has 0 spiro atoms. The smallest absolute Gasteiger partial charge is 0.308 e. The Labute approximate surface area is 196 Å². The molecule has 3 aromatic rings. The van der Waals surface area contributed by atoms with E-state index < -0.39 is 17.8 Å². The lowest BCUT2D eigenvalue weighted by Crippen LogP contribution is -2.45. The van der Waals surface area contributed by atoms with Crippen molar-refractivity contribution in [1.29, 1.82) is 0 Å². The summed E-state index contributed by atoms with van der Waals surface area (Å²) in [6, 6.07) is 18.3. The maximum atomic E-state index is 13.0. The number of halogens is 1. The molecule has 0 saturated carbocycles. The Balaban J connectivity index is 1.70. The van der Waals surface area contributed by atoms with E-state index in [1.54, 1.807) is 50.2 Å². The fourth-order valence-electron chi connectivity index (χ4n) is 3.64. The van der Waals surface area contributed by atoms with Gasteiger partial charge in [0, 0.05) is 29.0 Å². The van der Waals surface area contributed by atoms with Crippen molar-refractivity contribution in [2.45, 2.75) is 19.9 Å². The van der Waals surface area contributed by atoms with Crippen LogP contribution in [0.15, 0.2) is 78.0 Å². The van der Waals surface area contributed by atoms with Gasteiger partial charge in [-0.3, -0.25) is 14.4 Å². The fraction of sp³-hybridized carbons (Fsp3) is 0.192. The van der Waals surface area contributed by atoms with Gasteiger partial charge in [-0.05, 0) is 65.6 Å². The van der Waals surface area contributed by atoms with Crippen molar-refractivity contribution in [3.8, 4) is 11.1 Å². The number of amides is 3. The third-order valence-corrected chi connectivity index (χ3v) is 5.43. The highest BCUT2D eigenvalue weighted by molar-refractivity contribution is 6.04. The number of hydrogen-bond acceptors (Lipinski definition) is 4. The third kappa shape index (κ3) is 5.58. The minimum absolute atomic E-state index is 0.263. The summed E-state index contributed by atoms with van der Waals surface area (Å²) in [4.78, 5) is 48.9. The molecular weight excluding hydrogens is 437 g/mol. The minimum atomic E-state index is -0.928. The molecule has 1 N–H and O–H groups in total. The number of carbonyl (C=O) groups excluding carboxylic acids is 3. The first kappa shape index (κ1) is 24.4. The van der Waals surface area contributed by atoms with Gasteiger partial charge in [-0.2, -0.15) is 0 Å². The molecule has 8 heteroatoms. The van der Waals surface area contributed by atoms with Crippen molar-refractivity contribution in [1.82, 2.24) is 4.90 Å². The Bertz CT molecular complexity index is 1190. The van der Waals surface area contributed by atoms with Gasteiger partial charge in [0.1, 0.15) is 11.9 Å². The summed E-state index contributed by atoms with van der Waals surface area (Å²) >= 11 is 0. The molecule has 3 aromatic carbocycles. The Kier molecular flexibility index (Phi) is 7.63. The van der Waals surface area contributed by atoms with Crippen LogP contribution in [-0.2, 0) is 4.79 Å². The van der Waals surface area contributed by atoms with E-state index >= 15 is 0 Å². The molecule has 0 aliphatic carbocycles. The lowest BCUT2D eigenvalue weighted by Gasteiger charge is -2.27. The van der Waals surface area contributed by atoms with Crippen LogP contribution in [0.4, 0.5) is 10.1 Å². The summed E-state index contributed by atoms with van der Waals surface area (Å²) in [5.41, 5.74) is 3.02. The number of hydrogen-bond donors (Lipinski definition) is 1. The van der Waals surface area contributed by atoms with Crippen molar-refractivity contribution >= 4 is 23.4 Å². The van der Waals surface area contributed by atoms with Crippen LogP contribution in [0.25, 0.3) is 11.1 Å². The Morgan fingerprint density at radius 3 is 1.82 bits per heavy atom. The highest BCUT2D eigenvalue weighted by Gasteiger charge is 2.31. The zero-order chi connectivity index (χ0) is 24.8. The zero-order valence-corrected chi connectivity index (χ0v) is 19.0. The van der Waals surface area contributed by atoms with Crippen LogP contribution in [0.2, 0.25) is 0 Å². The maximum Gasteiger partial charge on any atom is 0.308 e. The summed E-state index contributed by atoms with van der Waals surface area (Å²) in [6.07, 6.45) is 0. The molecule has 0 aliphatic heterocycles. The number of anilines is 1. The van der Waals surface area contributed by atoms with Gasteiger partial charge in [0.05, 0.1) is 0 Å².